The van der Waals surface area contributed by atoms with Gasteiger partial charge in [-0.3, -0.25) is 14.4 Å². The van der Waals surface area contributed by atoms with Gasteiger partial charge in [0.1, 0.15) is 5.71 Å². The predicted molar refractivity (Wildman–Crippen MR) is 75.4 cm³/mol. The number of fused-ring (bicyclic) bond motifs is 1. The maximum atomic E-state index is 11.9. The van der Waals surface area contributed by atoms with Gasteiger partial charge in [-0.15, -0.1) is 0 Å². The topological polar surface area (TPSA) is 99.7 Å². The van der Waals surface area contributed by atoms with Crippen LogP contribution in [0.4, 0.5) is 5.69 Å². The first-order valence-electron chi connectivity index (χ1n) is 6.67. The molecule has 7 nitrogen and oxygen atoms in total. The molecule has 0 bridgehead atoms. The maximum absolute atomic E-state index is 11.9. The number of hydrazone groups is 1. The van der Waals surface area contributed by atoms with Crippen LogP contribution in [0, 0.1) is 0 Å². The quantitative estimate of drug-likeness (QED) is 0.732. The van der Waals surface area contributed by atoms with Crippen molar-refractivity contribution >= 4 is 29.1 Å². The predicted octanol–water partition coefficient (Wildman–Crippen LogP) is 0.0634. The minimum atomic E-state index is -0.287. The Kier molecular flexibility index (Phi) is 3.39. The highest BCUT2D eigenvalue weighted by molar-refractivity contribution is 6.39. The van der Waals surface area contributed by atoms with E-state index < -0.39 is 0 Å². The average Bonchev–Trinajstić information content (AvgIpc) is 2.84. The van der Waals surface area contributed by atoms with Gasteiger partial charge in [0.15, 0.2) is 0 Å². The van der Waals surface area contributed by atoms with Crippen molar-refractivity contribution < 1.29 is 14.4 Å². The summed E-state index contributed by atoms with van der Waals surface area (Å²) in [7, 11) is 0. The van der Waals surface area contributed by atoms with E-state index in [0.717, 1.165) is 16.8 Å². The second-order valence-corrected chi connectivity index (χ2v) is 4.99. The standard InChI is InChI=1S/C14H14N4O3/c19-12-4-3-11(17-18-12)14(21)15-7-8-1-2-10-9(5-8)6-13(20)16-10/h1-2,5H,3-4,6-7H2,(H,15,21)(H,16,20)(H,18,19). The van der Waals surface area contributed by atoms with Gasteiger partial charge in [-0.1, -0.05) is 12.1 Å². The average molecular weight is 286 g/mol. The summed E-state index contributed by atoms with van der Waals surface area (Å²) >= 11 is 0. The molecule has 2 aliphatic rings. The minimum Gasteiger partial charge on any atom is -0.347 e. The molecule has 0 unspecified atom stereocenters. The van der Waals surface area contributed by atoms with Gasteiger partial charge in [0.2, 0.25) is 11.8 Å². The fraction of sp³-hybridized carbons (Fsp3) is 0.286. The molecular formula is C14H14N4O3. The molecule has 0 saturated carbocycles. The van der Waals surface area contributed by atoms with E-state index in [2.05, 4.69) is 21.2 Å². The summed E-state index contributed by atoms with van der Waals surface area (Å²) in [5.41, 5.74) is 5.30. The molecule has 2 heterocycles. The van der Waals surface area contributed by atoms with E-state index in [0.29, 0.717) is 25.1 Å². The third-order valence-electron chi connectivity index (χ3n) is 3.41. The SMILES string of the molecule is O=C1CCC(C(=O)NCc2ccc3c(c2)CC(=O)N3)=NN1. The molecule has 2 aliphatic heterocycles. The summed E-state index contributed by atoms with van der Waals surface area (Å²) < 4.78 is 0. The largest absolute Gasteiger partial charge is 0.347 e. The first-order chi connectivity index (χ1) is 10.1. The van der Waals surface area contributed by atoms with Crippen LogP contribution in [0.25, 0.3) is 0 Å². The third kappa shape index (κ3) is 2.91. The van der Waals surface area contributed by atoms with Gasteiger partial charge in [0.25, 0.3) is 5.91 Å². The van der Waals surface area contributed by atoms with Crippen molar-refractivity contribution in [1.29, 1.82) is 0 Å². The number of anilines is 1. The van der Waals surface area contributed by atoms with Crippen LogP contribution in [0.3, 0.4) is 0 Å². The van der Waals surface area contributed by atoms with Crippen LogP contribution in [0.15, 0.2) is 23.3 Å². The monoisotopic (exact) mass is 286 g/mol. The lowest BCUT2D eigenvalue weighted by atomic mass is 10.1. The van der Waals surface area contributed by atoms with Gasteiger partial charge in [0, 0.05) is 25.1 Å². The Morgan fingerprint density at radius 2 is 2.10 bits per heavy atom. The molecule has 1 aromatic rings. The molecule has 7 heteroatoms. The van der Waals surface area contributed by atoms with Crippen molar-refractivity contribution in [2.45, 2.75) is 25.8 Å². The summed E-state index contributed by atoms with van der Waals surface area (Å²) in [5, 5.41) is 9.26. The summed E-state index contributed by atoms with van der Waals surface area (Å²) in [4.78, 5) is 34.1. The van der Waals surface area contributed by atoms with Crippen LogP contribution in [-0.4, -0.2) is 23.4 Å². The van der Waals surface area contributed by atoms with Crippen molar-refractivity contribution in [2.24, 2.45) is 5.10 Å². The lowest BCUT2D eigenvalue weighted by Gasteiger charge is -2.12. The minimum absolute atomic E-state index is 0.0153. The molecule has 21 heavy (non-hydrogen) atoms. The molecule has 0 spiro atoms. The normalized spacial score (nSPS) is 16.7. The smallest absolute Gasteiger partial charge is 0.267 e. The van der Waals surface area contributed by atoms with E-state index in [1.807, 2.05) is 18.2 Å². The molecule has 0 radical (unpaired) electrons. The second-order valence-electron chi connectivity index (χ2n) is 4.99. The Labute approximate surface area is 120 Å². The van der Waals surface area contributed by atoms with Crippen molar-refractivity contribution in [2.75, 3.05) is 5.32 Å². The van der Waals surface area contributed by atoms with Gasteiger partial charge in [0.05, 0.1) is 6.42 Å². The third-order valence-corrected chi connectivity index (χ3v) is 3.41. The van der Waals surface area contributed by atoms with Crippen molar-refractivity contribution in [1.82, 2.24) is 10.7 Å². The highest BCUT2D eigenvalue weighted by Gasteiger charge is 2.19. The van der Waals surface area contributed by atoms with Crippen LogP contribution in [-0.2, 0) is 27.3 Å². The second kappa shape index (κ2) is 5.35. The van der Waals surface area contributed by atoms with Crippen LogP contribution in [0.2, 0.25) is 0 Å². The molecule has 3 N–H and O–H groups in total. The number of nitrogens with one attached hydrogen (secondary N) is 3. The molecule has 0 atom stereocenters. The molecule has 108 valence electrons. The molecule has 3 rings (SSSR count). The molecular weight excluding hydrogens is 272 g/mol. The van der Waals surface area contributed by atoms with Gasteiger partial charge >= 0.3 is 0 Å². The number of hydrogen-bond acceptors (Lipinski definition) is 4. The maximum Gasteiger partial charge on any atom is 0.267 e. The van der Waals surface area contributed by atoms with E-state index in [-0.39, 0.29) is 24.1 Å². The number of nitrogens with zero attached hydrogens (tertiary/aromatic N) is 1. The Bertz CT molecular complexity index is 666. The highest BCUT2D eigenvalue weighted by Crippen LogP contribution is 2.23. The number of benzene rings is 1. The zero-order valence-corrected chi connectivity index (χ0v) is 11.2. The Morgan fingerprint density at radius 1 is 1.24 bits per heavy atom. The van der Waals surface area contributed by atoms with Crippen LogP contribution >= 0.6 is 0 Å². The van der Waals surface area contributed by atoms with Crippen molar-refractivity contribution in [3.63, 3.8) is 0 Å². The molecule has 0 saturated heterocycles. The molecule has 0 aromatic heterocycles. The number of hydrogen-bond donors (Lipinski definition) is 3. The number of rotatable bonds is 3. The fourth-order valence-corrected chi connectivity index (χ4v) is 2.31. The lowest BCUT2D eigenvalue weighted by molar-refractivity contribution is -0.121. The van der Waals surface area contributed by atoms with Crippen molar-refractivity contribution in [3.05, 3.63) is 29.3 Å². The summed E-state index contributed by atoms with van der Waals surface area (Å²) in [6.45, 7) is 0.354. The van der Waals surface area contributed by atoms with E-state index in [4.69, 9.17) is 0 Å². The number of amides is 3. The molecule has 3 amide bonds. The lowest BCUT2D eigenvalue weighted by Crippen LogP contribution is -2.36. The first kappa shape index (κ1) is 13.3. The molecule has 0 aliphatic carbocycles. The van der Waals surface area contributed by atoms with Gasteiger partial charge in [-0.05, 0) is 17.2 Å². The Balaban J connectivity index is 1.61. The van der Waals surface area contributed by atoms with Gasteiger partial charge in [-0.25, -0.2) is 5.43 Å². The first-order valence-corrected chi connectivity index (χ1v) is 6.67. The number of carbonyl (C=O) groups excluding carboxylic acids is 3. The Hall–Kier alpha value is -2.70. The summed E-state index contributed by atoms with van der Waals surface area (Å²) in [5.74, 6) is -0.481. The van der Waals surface area contributed by atoms with Gasteiger partial charge < -0.3 is 10.6 Å². The van der Waals surface area contributed by atoms with E-state index in [9.17, 15) is 14.4 Å². The molecule has 1 aromatic carbocycles. The molecule has 0 fully saturated rings. The zero-order valence-electron chi connectivity index (χ0n) is 11.2. The van der Waals surface area contributed by atoms with Crippen LogP contribution < -0.4 is 16.1 Å². The van der Waals surface area contributed by atoms with E-state index >= 15 is 0 Å². The Morgan fingerprint density at radius 3 is 2.86 bits per heavy atom. The van der Waals surface area contributed by atoms with Gasteiger partial charge in [-0.2, -0.15) is 5.10 Å². The zero-order chi connectivity index (χ0) is 14.8. The number of carbonyl (C=O) groups is 3. The van der Waals surface area contributed by atoms with E-state index in [1.165, 1.54) is 0 Å². The van der Waals surface area contributed by atoms with Crippen LogP contribution in [0.1, 0.15) is 24.0 Å². The van der Waals surface area contributed by atoms with Crippen LogP contribution in [0.5, 0.6) is 0 Å². The summed E-state index contributed by atoms with van der Waals surface area (Å²) in [6, 6.07) is 5.59. The summed E-state index contributed by atoms with van der Waals surface area (Å²) in [6.07, 6.45) is 0.995. The van der Waals surface area contributed by atoms with E-state index in [1.54, 1.807) is 0 Å². The fourth-order valence-electron chi connectivity index (χ4n) is 2.31. The highest BCUT2D eigenvalue weighted by atomic mass is 16.2. The van der Waals surface area contributed by atoms with Crippen molar-refractivity contribution in [3.8, 4) is 0 Å².